The Labute approximate surface area is 124 Å². The summed E-state index contributed by atoms with van der Waals surface area (Å²) in [6, 6.07) is 11.0. The van der Waals surface area contributed by atoms with Gasteiger partial charge in [0.2, 0.25) is 0 Å². The van der Waals surface area contributed by atoms with Gasteiger partial charge in [-0.3, -0.25) is 4.79 Å². The molecule has 0 fully saturated rings. The van der Waals surface area contributed by atoms with Crippen LogP contribution in [-0.2, 0) is 6.42 Å². The third-order valence-electron chi connectivity index (χ3n) is 3.37. The zero-order valence-corrected chi connectivity index (χ0v) is 12.5. The maximum Gasteiger partial charge on any atom is 0.169 e. The van der Waals surface area contributed by atoms with Crippen LogP contribution in [0.15, 0.2) is 36.4 Å². The van der Waals surface area contributed by atoms with Gasteiger partial charge < -0.3 is 15.2 Å². The van der Waals surface area contributed by atoms with E-state index in [0.717, 1.165) is 11.1 Å². The van der Waals surface area contributed by atoms with E-state index < -0.39 is 0 Å². The molecule has 21 heavy (non-hydrogen) atoms. The molecule has 110 valence electrons. The number of carbonyl (C=O) groups is 1. The third kappa shape index (κ3) is 3.16. The van der Waals surface area contributed by atoms with Crippen LogP contribution in [0.25, 0.3) is 0 Å². The van der Waals surface area contributed by atoms with Crippen molar-refractivity contribution in [1.29, 1.82) is 0 Å². The van der Waals surface area contributed by atoms with Gasteiger partial charge in [-0.15, -0.1) is 0 Å². The van der Waals surface area contributed by atoms with E-state index in [0.29, 0.717) is 22.7 Å². The van der Waals surface area contributed by atoms with Gasteiger partial charge in [-0.1, -0.05) is 23.8 Å². The topological polar surface area (TPSA) is 61.5 Å². The number of nitrogen functional groups attached to an aromatic ring is 1. The second-order valence-corrected chi connectivity index (χ2v) is 4.84. The molecule has 0 aliphatic carbocycles. The van der Waals surface area contributed by atoms with Crippen LogP contribution >= 0.6 is 0 Å². The number of ketones is 1. The predicted octanol–water partition coefficient (Wildman–Crippen LogP) is 3.02. The molecule has 0 aromatic heterocycles. The molecule has 0 bridgehead atoms. The smallest absolute Gasteiger partial charge is 0.169 e. The molecule has 2 aromatic rings. The Morgan fingerprint density at radius 3 is 2.48 bits per heavy atom. The van der Waals surface area contributed by atoms with Gasteiger partial charge >= 0.3 is 0 Å². The van der Waals surface area contributed by atoms with Crippen LogP contribution in [0.3, 0.4) is 0 Å². The maximum absolute atomic E-state index is 12.5. The predicted molar refractivity (Wildman–Crippen MR) is 83.2 cm³/mol. The van der Waals surface area contributed by atoms with Crippen molar-refractivity contribution in [2.45, 2.75) is 13.3 Å². The number of carbonyl (C=O) groups excluding carboxylic acids is 1. The van der Waals surface area contributed by atoms with Crippen molar-refractivity contribution in [1.82, 2.24) is 0 Å². The minimum absolute atomic E-state index is 0.0599. The fraction of sp³-hybridized carbons (Fsp3) is 0.235. The molecule has 0 amide bonds. The zero-order chi connectivity index (χ0) is 15.4. The number of ether oxygens (including phenoxy) is 2. The number of aryl methyl sites for hydroxylation is 1. The first kappa shape index (κ1) is 14.9. The number of hydrogen-bond donors (Lipinski definition) is 1. The van der Waals surface area contributed by atoms with Crippen LogP contribution < -0.4 is 15.2 Å². The summed E-state index contributed by atoms with van der Waals surface area (Å²) in [5.41, 5.74) is 8.75. The van der Waals surface area contributed by atoms with Gasteiger partial charge in [0.05, 0.1) is 19.9 Å². The van der Waals surface area contributed by atoms with E-state index in [1.54, 1.807) is 25.3 Å². The number of para-hydroxylation sites is 1. The van der Waals surface area contributed by atoms with Gasteiger partial charge in [0, 0.05) is 17.5 Å². The third-order valence-corrected chi connectivity index (χ3v) is 3.37. The summed E-state index contributed by atoms with van der Waals surface area (Å²) in [7, 11) is 3.13. The number of rotatable bonds is 5. The Morgan fingerprint density at radius 1 is 1.10 bits per heavy atom. The van der Waals surface area contributed by atoms with Gasteiger partial charge in [-0.2, -0.15) is 0 Å². The molecule has 0 unspecified atom stereocenters. The van der Waals surface area contributed by atoms with Crippen LogP contribution in [0.1, 0.15) is 21.5 Å². The van der Waals surface area contributed by atoms with Crippen molar-refractivity contribution >= 4 is 11.5 Å². The van der Waals surface area contributed by atoms with Gasteiger partial charge in [0.25, 0.3) is 0 Å². The molecule has 0 radical (unpaired) electrons. The summed E-state index contributed by atoms with van der Waals surface area (Å²) in [4.78, 5) is 12.5. The molecule has 4 nitrogen and oxygen atoms in total. The molecule has 2 aromatic carbocycles. The van der Waals surface area contributed by atoms with Crippen molar-refractivity contribution in [3.8, 4) is 11.5 Å². The lowest BCUT2D eigenvalue weighted by Gasteiger charge is -2.11. The summed E-state index contributed by atoms with van der Waals surface area (Å²) in [5.74, 6) is 1.16. The summed E-state index contributed by atoms with van der Waals surface area (Å²) in [5, 5.41) is 0. The lowest BCUT2D eigenvalue weighted by Crippen LogP contribution is -2.09. The minimum atomic E-state index is -0.0599. The highest BCUT2D eigenvalue weighted by atomic mass is 16.5. The van der Waals surface area contributed by atoms with E-state index in [-0.39, 0.29) is 12.2 Å². The van der Waals surface area contributed by atoms with E-state index in [9.17, 15) is 4.79 Å². The first-order valence-corrected chi connectivity index (χ1v) is 6.66. The maximum atomic E-state index is 12.5. The quantitative estimate of drug-likeness (QED) is 0.677. The van der Waals surface area contributed by atoms with Crippen molar-refractivity contribution in [3.05, 3.63) is 53.1 Å². The Morgan fingerprint density at radius 2 is 1.81 bits per heavy atom. The van der Waals surface area contributed by atoms with Gasteiger partial charge in [-0.05, 0) is 25.1 Å². The molecule has 0 spiro atoms. The Kier molecular flexibility index (Phi) is 4.48. The first-order valence-electron chi connectivity index (χ1n) is 6.66. The molecular weight excluding hydrogens is 266 g/mol. The highest BCUT2D eigenvalue weighted by Crippen LogP contribution is 2.27. The van der Waals surface area contributed by atoms with Crippen LogP contribution in [0.2, 0.25) is 0 Å². The van der Waals surface area contributed by atoms with Crippen LogP contribution in [-0.4, -0.2) is 20.0 Å². The fourth-order valence-corrected chi connectivity index (χ4v) is 2.28. The Balaban J connectivity index is 2.32. The number of benzene rings is 2. The lowest BCUT2D eigenvalue weighted by atomic mass is 9.99. The Hall–Kier alpha value is -2.49. The SMILES string of the molecule is COc1ccc(C)cc1CC(=O)c1cccc(OC)c1N. The van der Waals surface area contributed by atoms with Crippen molar-refractivity contribution in [3.63, 3.8) is 0 Å². The average molecular weight is 285 g/mol. The van der Waals surface area contributed by atoms with E-state index in [4.69, 9.17) is 15.2 Å². The van der Waals surface area contributed by atoms with E-state index in [1.807, 2.05) is 25.1 Å². The van der Waals surface area contributed by atoms with Crippen LogP contribution in [0, 0.1) is 6.92 Å². The number of methoxy groups -OCH3 is 2. The second kappa shape index (κ2) is 6.31. The van der Waals surface area contributed by atoms with Crippen molar-refractivity contribution in [2.75, 3.05) is 20.0 Å². The molecule has 4 heteroatoms. The minimum Gasteiger partial charge on any atom is -0.496 e. The molecule has 2 rings (SSSR count). The first-order chi connectivity index (χ1) is 10.1. The van der Waals surface area contributed by atoms with E-state index in [1.165, 1.54) is 7.11 Å². The summed E-state index contributed by atoms with van der Waals surface area (Å²) < 4.78 is 10.5. The van der Waals surface area contributed by atoms with Crippen LogP contribution in [0.4, 0.5) is 5.69 Å². The molecule has 0 saturated heterocycles. The van der Waals surface area contributed by atoms with Gasteiger partial charge in [0.15, 0.2) is 5.78 Å². The molecule has 0 saturated carbocycles. The number of nitrogens with two attached hydrogens (primary N) is 1. The largest absolute Gasteiger partial charge is 0.496 e. The van der Waals surface area contributed by atoms with Gasteiger partial charge in [0.1, 0.15) is 11.5 Å². The molecule has 0 aliphatic heterocycles. The van der Waals surface area contributed by atoms with E-state index >= 15 is 0 Å². The van der Waals surface area contributed by atoms with Crippen LogP contribution in [0.5, 0.6) is 11.5 Å². The number of Topliss-reactive ketones (excluding diaryl/α,β-unsaturated/α-hetero) is 1. The zero-order valence-electron chi connectivity index (χ0n) is 12.5. The summed E-state index contributed by atoms with van der Waals surface area (Å²) in [6.07, 6.45) is 0.238. The Bertz CT molecular complexity index is 665. The van der Waals surface area contributed by atoms with Crippen molar-refractivity contribution in [2.24, 2.45) is 0 Å². The molecule has 0 atom stereocenters. The lowest BCUT2D eigenvalue weighted by molar-refractivity contribution is 0.0992. The highest BCUT2D eigenvalue weighted by Gasteiger charge is 2.15. The summed E-state index contributed by atoms with van der Waals surface area (Å²) in [6.45, 7) is 1.98. The fourth-order valence-electron chi connectivity index (χ4n) is 2.28. The highest BCUT2D eigenvalue weighted by molar-refractivity contribution is 6.03. The number of anilines is 1. The number of hydrogen-bond acceptors (Lipinski definition) is 4. The normalized spacial score (nSPS) is 10.2. The molecule has 0 heterocycles. The molecule has 0 aliphatic rings. The molecule has 2 N–H and O–H groups in total. The van der Waals surface area contributed by atoms with Gasteiger partial charge in [-0.25, -0.2) is 0 Å². The second-order valence-electron chi connectivity index (χ2n) is 4.84. The van der Waals surface area contributed by atoms with Crippen molar-refractivity contribution < 1.29 is 14.3 Å². The monoisotopic (exact) mass is 285 g/mol. The summed E-state index contributed by atoms with van der Waals surface area (Å²) >= 11 is 0. The standard InChI is InChI=1S/C17H19NO3/c1-11-7-8-15(20-2)12(9-11)10-14(19)13-5-4-6-16(21-3)17(13)18/h4-9H,10,18H2,1-3H3. The van der Waals surface area contributed by atoms with E-state index in [2.05, 4.69) is 0 Å². The average Bonchev–Trinajstić information content (AvgIpc) is 2.47. The molecular formula is C17H19NO3.